The summed E-state index contributed by atoms with van der Waals surface area (Å²) in [5.41, 5.74) is 2.36. The molecule has 0 unspecified atom stereocenters. The largest absolute Gasteiger partial charge is 0.308 e. The number of carbonyl (C=O) groups excluding carboxylic acids is 1. The van der Waals surface area contributed by atoms with Crippen LogP contribution in [0.2, 0.25) is 0 Å². The molecule has 1 atom stereocenters. The monoisotopic (exact) mass is 322 g/mol. The second-order valence-corrected chi connectivity index (χ2v) is 6.47. The van der Waals surface area contributed by atoms with E-state index in [4.69, 9.17) is 0 Å². The fraction of sp³-hybridized carbons (Fsp3) is 0.381. The normalized spacial score (nSPS) is 18.3. The van der Waals surface area contributed by atoms with E-state index >= 15 is 0 Å². The van der Waals surface area contributed by atoms with Crippen LogP contribution in [0.1, 0.15) is 31.7 Å². The van der Waals surface area contributed by atoms with Gasteiger partial charge in [0.25, 0.3) is 0 Å². The molecule has 1 heterocycles. The molecule has 126 valence electrons. The number of amides is 1. The Hall–Kier alpha value is -2.13. The van der Waals surface area contributed by atoms with Crippen LogP contribution in [0, 0.1) is 0 Å². The van der Waals surface area contributed by atoms with Crippen molar-refractivity contribution < 1.29 is 4.79 Å². The van der Waals surface area contributed by atoms with Gasteiger partial charge in [0.15, 0.2) is 0 Å². The fourth-order valence-electron chi connectivity index (χ4n) is 3.54. The van der Waals surface area contributed by atoms with Gasteiger partial charge in [0.1, 0.15) is 0 Å². The number of benzene rings is 2. The van der Waals surface area contributed by atoms with Crippen molar-refractivity contribution in [3.8, 4) is 0 Å². The number of hydrogen-bond donors (Lipinski definition) is 0. The predicted molar refractivity (Wildman–Crippen MR) is 99.0 cm³/mol. The molecular weight excluding hydrogens is 296 g/mol. The third-order valence-electron chi connectivity index (χ3n) is 4.70. The second kappa shape index (κ2) is 8.11. The molecule has 3 heteroatoms. The molecule has 1 amide bonds. The van der Waals surface area contributed by atoms with Gasteiger partial charge in [-0.05, 0) is 37.1 Å². The number of likely N-dealkylation sites (tertiary alicyclic amines) is 1. The molecule has 0 aromatic heterocycles. The summed E-state index contributed by atoms with van der Waals surface area (Å²) in [5, 5.41) is 0. The zero-order valence-electron chi connectivity index (χ0n) is 14.4. The SMILES string of the molecule is CCC(=O)N(c1ccccc1)[C@H]1CCCN(Cc2ccccc2)C1. The number of hydrogen-bond acceptors (Lipinski definition) is 2. The van der Waals surface area contributed by atoms with Gasteiger partial charge in [0, 0.05) is 31.2 Å². The molecule has 1 aliphatic rings. The van der Waals surface area contributed by atoms with Crippen molar-refractivity contribution in [1.82, 2.24) is 4.90 Å². The highest BCUT2D eigenvalue weighted by Gasteiger charge is 2.28. The van der Waals surface area contributed by atoms with Gasteiger partial charge < -0.3 is 4.90 Å². The Balaban J connectivity index is 1.74. The molecule has 0 radical (unpaired) electrons. The number of piperidine rings is 1. The van der Waals surface area contributed by atoms with E-state index in [1.807, 2.05) is 42.2 Å². The van der Waals surface area contributed by atoms with Crippen LogP contribution in [0.25, 0.3) is 0 Å². The molecule has 2 aromatic carbocycles. The van der Waals surface area contributed by atoms with Gasteiger partial charge >= 0.3 is 0 Å². The van der Waals surface area contributed by atoms with E-state index < -0.39 is 0 Å². The summed E-state index contributed by atoms with van der Waals surface area (Å²) in [6.07, 6.45) is 2.76. The smallest absolute Gasteiger partial charge is 0.227 e. The average molecular weight is 322 g/mol. The molecule has 0 bridgehead atoms. The van der Waals surface area contributed by atoms with Crippen LogP contribution in [0.15, 0.2) is 60.7 Å². The van der Waals surface area contributed by atoms with Crippen LogP contribution in [-0.4, -0.2) is 29.9 Å². The van der Waals surface area contributed by atoms with Gasteiger partial charge in [-0.15, -0.1) is 0 Å². The molecule has 1 aliphatic heterocycles. The highest BCUT2D eigenvalue weighted by molar-refractivity contribution is 5.93. The van der Waals surface area contributed by atoms with Gasteiger partial charge in [-0.1, -0.05) is 55.5 Å². The Morgan fingerprint density at radius 1 is 1.08 bits per heavy atom. The van der Waals surface area contributed by atoms with E-state index in [2.05, 4.69) is 35.2 Å². The van der Waals surface area contributed by atoms with Crippen LogP contribution in [0.4, 0.5) is 5.69 Å². The molecule has 1 fully saturated rings. The molecule has 0 saturated carbocycles. The summed E-state index contributed by atoms with van der Waals surface area (Å²) in [6.45, 7) is 4.95. The van der Waals surface area contributed by atoms with E-state index in [1.165, 1.54) is 5.56 Å². The topological polar surface area (TPSA) is 23.6 Å². The Kier molecular flexibility index (Phi) is 5.65. The van der Waals surface area contributed by atoms with E-state index in [1.54, 1.807) is 0 Å². The fourth-order valence-corrected chi connectivity index (χ4v) is 3.54. The highest BCUT2D eigenvalue weighted by Crippen LogP contribution is 2.24. The third-order valence-corrected chi connectivity index (χ3v) is 4.70. The Morgan fingerprint density at radius 2 is 1.75 bits per heavy atom. The predicted octanol–water partition coefficient (Wildman–Crippen LogP) is 4.09. The standard InChI is InChI=1S/C21H26N2O/c1-2-21(24)23(19-12-7-4-8-13-19)20-14-9-15-22(17-20)16-18-10-5-3-6-11-18/h3-8,10-13,20H,2,9,14-17H2,1H3/t20-/m0/s1. The first kappa shape index (κ1) is 16.7. The van der Waals surface area contributed by atoms with Crippen molar-refractivity contribution in [2.75, 3.05) is 18.0 Å². The number of anilines is 1. The number of carbonyl (C=O) groups is 1. The Labute approximate surface area is 144 Å². The molecule has 0 N–H and O–H groups in total. The second-order valence-electron chi connectivity index (χ2n) is 6.47. The minimum atomic E-state index is 0.216. The molecular formula is C21H26N2O. The van der Waals surface area contributed by atoms with E-state index in [0.29, 0.717) is 6.42 Å². The highest BCUT2D eigenvalue weighted by atomic mass is 16.2. The van der Waals surface area contributed by atoms with Gasteiger partial charge in [-0.3, -0.25) is 9.69 Å². The first-order valence-electron chi connectivity index (χ1n) is 8.91. The number of para-hydroxylation sites is 1. The first-order chi connectivity index (χ1) is 11.8. The van der Waals surface area contributed by atoms with E-state index in [9.17, 15) is 4.79 Å². The van der Waals surface area contributed by atoms with E-state index in [-0.39, 0.29) is 11.9 Å². The lowest BCUT2D eigenvalue weighted by atomic mass is 10.0. The lowest BCUT2D eigenvalue weighted by Crippen LogP contribution is -2.50. The molecule has 3 nitrogen and oxygen atoms in total. The number of nitrogens with zero attached hydrogens (tertiary/aromatic N) is 2. The summed E-state index contributed by atoms with van der Waals surface area (Å²) < 4.78 is 0. The van der Waals surface area contributed by atoms with Crippen molar-refractivity contribution in [2.45, 2.75) is 38.8 Å². The Morgan fingerprint density at radius 3 is 2.42 bits per heavy atom. The lowest BCUT2D eigenvalue weighted by Gasteiger charge is -2.39. The average Bonchev–Trinajstić information content (AvgIpc) is 2.64. The first-order valence-corrected chi connectivity index (χ1v) is 8.91. The molecule has 0 spiro atoms. The maximum atomic E-state index is 12.6. The minimum absolute atomic E-state index is 0.216. The van der Waals surface area contributed by atoms with Crippen LogP contribution in [0.5, 0.6) is 0 Å². The van der Waals surface area contributed by atoms with Gasteiger partial charge in [0.2, 0.25) is 5.91 Å². The third kappa shape index (κ3) is 4.04. The zero-order valence-corrected chi connectivity index (χ0v) is 14.4. The van der Waals surface area contributed by atoms with Crippen LogP contribution in [0.3, 0.4) is 0 Å². The van der Waals surface area contributed by atoms with Crippen molar-refractivity contribution in [3.63, 3.8) is 0 Å². The quantitative estimate of drug-likeness (QED) is 0.827. The summed E-state index contributed by atoms with van der Waals surface area (Å²) in [7, 11) is 0. The van der Waals surface area contributed by atoms with Crippen molar-refractivity contribution in [2.24, 2.45) is 0 Å². The molecule has 1 saturated heterocycles. The summed E-state index contributed by atoms with van der Waals surface area (Å²) >= 11 is 0. The summed E-state index contributed by atoms with van der Waals surface area (Å²) in [4.78, 5) is 17.1. The summed E-state index contributed by atoms with van der Waals surface area (Å²) in [5.74, 6) is 0.216. The van der Waals surface area contributed by atoms with Gasteiger partial charge in [-0.2, -0.15) is 0 Å². The van der Waals surface area contributed by atoms with Crippen molar-refractivity contribution in [1.29, 1.82) is 0 Å². The molecule has 3 rings (SSSR count). The van der Waals surface area contributed by atoms with Crippen molar-refractivity contribution in [3.05, 3.63) is 66.2 Å². The lowest BCUT2D eigenvalue weighted by molar-refractivity contribution is -0.119. The zero-order chi connectivity index (χ0) is 16.8. The molecule has 0 aliphatic carbocycles. The van der Waals surface area contributed by atoms with Crippen molar-refractivity contribution >= 4 is 11.6 Å². The minimum Gasteiger partial charge on any atom is -0.308 e. The Bertz CT molecular complexity index is 641. The molecule has 24 heavy (non-hydrogen) atoms. The van der Waals surface area contributed by atoms with Crippen LogP contribution in [-0.2, 0) is 11.3 Å². The maximum absolute atomic E-state index is 12.6. The van der Waals surface area contributed by atoms with Crippen LogP contribution < -0.4 is 4.90 Å². The summed E-state index contributed by atoms with van der Waals surface area (Å²) in [6, 6.07) is 21.0. The van der Waals surface area contributed by atoms with Gasteiger partial charge in [-0.25, -0.2) is 0 Å². The number of rotatable bonds is 5. The van der Waals surface area contributed by atoms with E-state index in [0.717, 1.165) is 38.2 Å². The van der Waals surface area contributed by atoms with Crippen LogP contribution >= 0.6 is 0 Å². The van der Waals surface area contributed by atoms with Gasteiger partial charge in [0.05, 0.1) is 0 Å². The maximum Gasteiger partial charge on any atom is 0.227 e. The molecule has 2 aromatic rings.